The van der Waals surface area contributed by atoms with Gasteiger partial charge in [-0.3, -0.25) is 14.2 Å². The van der Waals surface area contributed by atoms with Crippen LogP contribution < -0.4 is 10.9 Å². The van der Waals surface area contributed by atoms with E-state index in [0.717, 1.165) is 24.1 Å². The molecular formula is C24H29N3O2S. The molecule has 0 bridgehead atoms. The van der Waals surface area contributed by atoms with Crippen molar-refractivity contribution in [3.8, 4) is 5.69 Å². The van der Waals surface area contributed by atoms with E-state index in [2.05, 4.69) is 19.2 Å². The van der Waals surface area contributed by atoms with Crippen molar-refractivity contribution in [2.24, 2.45) is 5.92 Å². The Hall–Kier alpha value is -2.60. The molecule has 1 amide bonds. The summed E-state index contributed by atoms with van der Waals surface area (Å²) in [6, 6.07) is 15.2. The summed E-state index contributed by atoms with van der Waals surface area (Å²) in [7, 11) is 0. The Kier molecular flexibility index (Phi) is 7.32. The number of nitrogens with zero attached hydrogens (tertiary/aromatic N) is 2. The van der Waals surface area contributed by atoms with E-state index < -0.39 is 0 Å². The molecule has 0 saturated heterocycles. The summed E-state index contributed by atoms with van der Waals surface area (Å²) >= 11 is 1.29. The number of thioether (sulfide) groups is 1. The number of carbonyl (C=O) groups is 1. The van der Waals surface area contributed by atoms with Gasteiger partial charge in [0.05, 0.1) is 22.3 Å². The summed E-state index contributed by atoms with van der Waals surface area (Å²) < 4.78 is 1.62. The number of aryl methyl sites for hydroxylation is 1. The van der Waals surface area contributed by atoms with Crippen LogP contribution in [0.1, 0.15) is 39.2 Å². The number of benzene rings is 2. The maximum Gasteiger partial charge on any atom is 0.266 e. The predicted molar refractivity (Wildman–Crippen MR) is 124 cm³/mol. The maximum absolute atomic E-state index is 13.3. The molecule has 3 aromatic rings. The molecular weight excluding hydrogens is 394 g/mol. The second-order valence-electron chi connectivity index (χ2n) is 8.07. The van der Waals surface area contributed by atoms with Crippen LogP contribution in [0.5, 0.6) is 0 Å². The molecule has 0 aliphatic carbocycles. The monoisotopic (exact) mass is 423 g/mol. The standard InChI is InChI=1S/C24H29N3O2S/c1-16(2)13-14-18(4)25-22(28)15-30-24-26-20-11-7-6-10-19(20)23(29)27(24)21-12-8-5-9-17(21)3/h5-12,16,18H,13-15H2,1-4H3,(H,25,28)/t18-/m1/s1. The van der Waals surface area contributed by atoms with E-state index in [0.29, 0.717) is 22.0 Å². The molecule has 0 spiro atoms. The molecule has 5 nitrogen and oxygen atoms in total. The molecule has 30 heavy (non-hydrogen) atoms. The van der Waals surface area contributed by atoms with Crippen LogP contribution >= 0.6 is 11.8 Å². The summed E-state index contributed by atoms with van der Waals surface area (Å²) in [4.78, 5) is 30.5. The van der Waals surface area contributed by atoms with Gasteiger partial charge in [0.25, 0.3) is 5.56 Å². The largest absolute Gasteiger partial charge is 0.353 e. The minimum atomic E-state index is -0.122. The molecule has 0 radical (unpaired) electrons. The molecule has 1 atom stereocenters. The van der Waals surface area contributed by atoms with Crippen molar-refractivity contribution in [3.63, 3.8) is 0 Å². The first-order chi connectivity index (χ1) is 14.4. The van der Waals surface area contributed by atoms with Gasteiger partial charge in [0.15, 0.2) is 5.16 Å². The normalized spacial score (nSPS) is 12.3. The lowest BCUT2D eigenvalue weighted by atomic mass is 10.0. The van der Waals surface area contributed by atoms with E-state index in [-0.39, 0.29) is 23.3 Å². The van der Waals surface area contributed by atoms with Crippen molar-refractivity contribution in [2.75, 3.05) is 5.75 Å². The number of nitrogens with one attached hydrogen (secondary N) is 1. The van der Waals surface area contributed by atoms with Crippen molar-refractivity contribution >= 4 is 28.6 Å². The molecule has 6 heteroatoms. The number of hydrogen-bond acceptors (Lipinski definition) is 4. The fourth-order valence-corrected chi connectivity index (χ4v) is 4.15. The number of aromatic nitrogens is 2. The second kappa shape index (κ2) is 9.94. The van der Waals surface area contributed by atoms with Crippen molar-refractivity contribution in [2.45, 2.75) is 51.7 Å². The van der Waals surface area contributed by atoms with E-state index >= 15 is 0 Å². The van der Waals surface area contributed by atoms with Crippen molar-refractivity contribution in [3.05, 3.63) is 64.4 Å². The van der Waals surface area contributed by atoms with Gasteiger partial charge < -0.3 is 5.32 Å². The van der Waals surface area contributed by atoms with Crippen LogP contribution in [0.4, 0.5) is 0 Å². The van der Waals surface area contributed by atoms with Gasteiger partial charge in [-0.05, 0) is 56.4 Å². The highest BCUT2D eigenvalue weighted by molar-refractivity contribution is 7.99. The molecule has 1 aromatic heterocycles. The van der Waals surface area contributed by atoms with Crippen LogP contribution in [-0.4, -0.2) is 27.3 Å². The molecule has 0 fully saturated rings. The lowest BCUT2D eigenvalue weighted by Crippen LogP contribution is -2.34. The highest BCUT2D eigenvalue weighted by atomic mass is 32.2. The number of carbonyl (C=O) groups excluding carboxylic acids is 1. The third kappa shape index (κ3) is 5.30. The Labute approximate surface area is 181 Å². The van der Waals surface area contributed by atoms with Crippen LogP contribution in [-0.2, 0) is 4.79 Å². The van der Waals surface area contributed by atoms with E-state index in [4.69, 9.17) is 4.98 Å². The molecule has 1 N–H and O–H groups in total. The Balaban J connectivity index is 1.88. The Bertz CT molecular complexity index is 1090. The fraction of sp³-hybridized carbons (Fsp3) is 0.375. The molecule has 0 aliphatic rings. The summed E-state index contributed by atoms with van der Waals surface area (Å²) in [5.41, 5.74) is 2.28. The molecule has 0 aliphatic heterocycles. The van der Waals surface area contributed by atoms with Gasteiger partial charge in [-0.1, -0.05) is 55.9 Å². The lowest BCUT2D eigenvalue weighted by Gasteiger charge is -2.17. The third-order valence-electron chi connectivity index (χ3n) is 5.02. The molecule has 0 unspecified atom stereocenters. The van der Waals surface area contributed by atoms with Crippen molar-refractivity contribution < 1.29 is 4.79 Å². The number of rotatable bonds is 8. The van der Waals surface area contributed by atoms with Crippen LogP contribution in [0.25, 0.3) is 16.6 Å². The zero-order chi connectivity index (χ0) is 21.7. The molecule has 1 heterocycles. The van der Waals surface area contributed by atoms with Crippen LogP contribution in [0.3, 0.4) is 0 Å². The van der Waals surface area contributed by atoms with Gasteiger partial charge in [0.1, 0.15) is 0 Å². The van der Waals surface area contributed by atoms with E-state index in [1.54, 1.807) is 10.6 Å². The molecule has 0 saturated carbocycles. The fourth-order valence-electron chi connectivity index (χ4n) is 3.34. The number of amides is 1. The minimum Gasteiger partial charge on any atom is -0.353 e. The first-order valence-corrected chi connectivity index (χ1v) is 11.4. The Morgan fingerprint density at radius 2 is 1.77 bits per heavy atom. The SMILES string of the molecule is Cc1ccccc1-n1c(SCC(=O)N[C@H](C)CCC(C)C)nc2ccccc2c1=O. The quantitative estimate of drug-likeness (QED) is 0.420. The summed E-state index contributed by atoms with van der Waals surface area (Å²) in [5.74, 6) is 0.780. The highest BCUT2D eigenvalue weighted by Crippen LogP contribution is 2.23. The van der Waals surface area contributed by atoms with E-state index in [9.17, 15) is 9.59 Å². The zero-order valence-corrected chi connectivity index (χ0v) is 18.8. The number of fused-ring (bicyclic) bond motifs is 1. The van der Waals surface area contributed by atoms with E-state index in [1.807, 2.05) is 56.3 Å². The lowest BCUT2D eigenvalue weighted by molar-refractivity contribution is -0.119. The average molecular weight is 424 g/mol. The second-order valence-corrected chi connectivity index (χ2v) is 9.01. The van der Waals surface area contributed by atoms with Crippen molar-refractivity contribution in [1.29, 1.82) is 0 Å². The zero-order valence-electron chi connectivity index (χ0n) is 18.0. The Morgan fingerprint density at radius 1 is 1.07 bits per heavy atom. The summed E-state index contributed by atoms with van der Waals surface area (Å²) in [6.45, 7) is 8.36. The van der Waals surface area contributed by atoms with Gasteiger partial charge in [0.2, 0.25) is 5.91 Å². The average Bonchev–Trinajstić information content (AvgIpc) is 2.72. The van der Waals surface area contributed by atoms with Crippen LogP contribution in [0.2, 0.25) is 0 Å². The first-order valence-electron chi connectivity index (χ1n) is 10.4. The van der Waals surface area contributed by atoms with Gasteiger partial charge in [-0.2, -0.15) is 0 Å². The van der Waals surface area contributed by atoms with Crippen LogP contribution in [0, 0.1) is 12.8 Å². The minimum absolute atomic E-state index is 0.0463. The smallest absolute Gasteiger partial charge is 0.266 e. The highest BCUT2D eigenvalue weighted by Gasteiger charge is 2.16. The summed E-state index contributed by atoms with van der Waals surface area (Å²) in [5, 5.41) is 4.15. The molecule has 158 valence electrons. The summed E-state index contributed by atoms with van der Waals surface area (Å²) in [6.07, 6.45) is 2.03. The van der Waals surface area contributed by atoms with Gasteiger partial charge in [-0.25, -0.2) is 4.98 Å². The number of hydrogen-bond donors (Lipinski definition) is 1. The first kappa shape index (κ1) is 22.1. The predicted octanol–water partition coefficient (Wildman–Crippen LogP) is 4.73. The van der Waals surface area contributed by atoms with Gasteiger partial charge in [0, 0.05) is 6.04 Å². The number of para-hydroxylation sites is 2. The van der Waals surface area contributed by atoms with Gasteiger partial charge in [-0.15, -0.1) is 0 Å². The third-order valence-corrected chi connectivity index (χ3v) is 5.96. The van der Waals surface area contributed by atoms with Gasteiger partial charge >= 0.3 is 0 Å². The van der Waals surface area contributed by atoms with Crippen molar-refractivity contribution in [1.82, 2.24) is 14.9 Å². The van der Waals surface area contributed by atoms with Crippen LogP contribution in [0.15, 0.2) is 58.5 Å². The topological polar surface area (TPSA) is 64.0 Å². The molecule has 2 aromatic carbocycles. The Morgan fingerprint density at radius 3 is 2.50 bits per heavy atom. The molecule has 3 rings (SSSR count). The maximum atomic E-state index is 13.3. The van der Waals surface area contributed by atoms with E-state index in [1.165, 1.54) is 11.8 Å².